The molecule has 5 nitrogen and oxygen atoms in total. The first-order valence-corrected chi connectivity index (χ1v) is 4.79. The molecule has 2 N–H and O–H groups in total. The third-order valence-corrected chi connectivity index (χ3v) is 1.99. The second-order valence-corrected chi connectivity index (χ2v) is 3.33. The van der Waals surface area contributed by atoms with Crippen LogP contribution in [0, 0.1) is 6.92 Å². The van der Waals surface area contributed by atoms with Crippen LogP contribution in [0.15, 0.2) is 41.1 Å². The van der Waals surface area contributed by atoms with E-state index in [0.717, 1.165) is 11.3 Å². The Bertz CT molecular complexity index is 462. The number of hydrogen-bond acceptors (Lipinski definition) is 3. The molecular weight excluding hydrogens is 206 g/mol. The normalized spacial score (nSPS) is 9.81. The van der Waals surface area contributed by atoms with Crippen LogP contribution in [0.25, 0.3) is 0 Å². The van der Waals surface area contributed by atoms with Gasteiger partial charge in [0.05, 0.1) is 0 Å². The molecule has 0 spiro atoms. The van der Waals surface area contributed by atoms with E-state index < -0.39 is 0 Å². The quantitative estimate of drug-likeness (QED) is 0.812. The van der Waals surface area contributed by atoms with Gasteiger partial charge in [0, 0.05) is 11.8 Å². The first-order chi connectivity index (χ1) is 7.74. The molecule has 0 fully saturated rings. The maximum atomic E-state index is 11.5. The molecule has 1 heterocycles. The lowest BCUT2D eigenvalue weighted by molar-refractivity contribution is 0.262. The molecule has 16 heavy (non-hydrogen) atoms. The number of nitrogens with one attached hydrogen (secondary N) is 2. The van der Waals surface area contributed by atoms with E-state index >= 15 is 0 Å². The number of carbonyl (C=O) groups is 1. The van der Waals surface area contributed by atoms with Gasteiger partial charge in [0.1, 0.15) is 6.26 Å². The third-order valence-electron chi connectivity index (χ3n) is 1.99. The van der Waals surface area contributed by atoms with E-state index in [1.807, 2.05) is 31.2 Å². The summed E-state index contributed by atoms with van der Waals surface area (Å²) < 4.78 is 4.59. The molecule has 2 amide bonds. The van der Waals surface area contributed by atoms with Crippen molar-refractivity contribution in [3.63, 3.8) is 0 Å². The molecule has 0 saturated heterocycles. The van der Waals surface area contributed by atoms with Crippen LogP contribution in [-0.4, -0.2) is 11.2 Å². The number of hydrogen-bond donors (Lipinski definition) is 2. The fourth-order valence-electron chi connectivity index (χ4n) is 1.19. The number of anilines is 2. The van der Waals surface area contributed by atoms with Crippen LogP contribution in [0.5, 0.6) is 0 Å². The average Bonchev–Trinajstić information content (AvgIpc) is 2.74. The highest BCUT2D eigenvalue weighted by Crippen LogP contribution is 2.09. The Hall–Kier alpha value is -2.30. The number of rotatable bonds is 2. The van der Waals surface area contributed by atoms with Crippen molar-refractivity contribution < 1.29 is 9.32 Å². The molecule has 0 aliphatic rings. The van der Waals surface area contributed by atoms with Gasteiger partial charge < -0.3 is 9.84 Å². The van der Waals surface area contributed by atoms with Crippen molar-refractivity contribution >= 4 is 17.5 Å². The molecule has 0 saturated carbocycles. The highest BCUT2D eigenvalue weighted by molar-refractivity contribution is 5.99. The van der Waals surface area contributed by atoms with Gasteiger partial charge in [-0.05, 0) is 19.1 Å². The van der Waals surface area contributed by atoms with Crippen LogP contribution >= 0.6 is 0 Å². The van der Waals surface area contributed by atoms with Crippen molar-refractivity contribution in [3.05, 3.63) is 42.2 Å². The number of amides is 2. The van der Waals surface area contributed by atoms with Crippen molar-refractivity contribution in [1.29, 1.82) is 0 Å². The summed E-state index contributed by atoms with van der Waals surface area (Å²) in [6.07, 6.45) is 1.39. The number of benzene rings is 1. The van der Waals surface area contributed by atoms with E-state index in [1.54, 1.807) is 6.07 Å². The second-order valence-electron chi connectivity index (χ2n) is 3.33. The zero-order valence-corrected chi connectivity index (χ0v) is 8.73. The summed E-state index contributed by atoms with van der Waals surface area (Å²) in [5.74, 6) is 0.379. The van der Waals surface area contributed by atoms with E-state index in [2.05, 4.69) is 20.3 Å². The van der Waals surface area contributed by atoms with Gasteiger partial charge in [0.2, 0.25) is 0 Å². The first kappa shape index (κ1) is 10.2. The summed E-state index contributed by atoms with van der Waals surface area (Å²) in [6, 6.07) is 8.72. The molecule has 2 rings (SSSR count). The van der Waals surface area contributed by atoms with Crippen molar-refractivity contribution in [2.24, 2.45) is 0 Å². The molecule has 0 radical (unpaired) electrons. The fourth-order valence-corrected chi connectivity index (χ4v) is 1.19. The Kier molecular flexibility index (Phi) is 2.86. The zero-order chi connectivity index (χ0) is 11.4. The topological polar surface area (TPSA) is 67.2 Å². The summed E-state index contributed by atoms with van der Waals surface area (Å²) in [7, 11) is 0. The standard InChI is InChI=1S/C11H11N3O2/c1-8-2-4-9(5-3-8)12-11(15)13-10-6-7-16-14-10/h2-7H,1H3,(H2,12,13,14,15). The van der Waals surface area contributed by atoms with E-state index in [-0.39, 0.29) is 6.03 Å². The maximum Gasteiger partial charge on any atom is 0.324 e. The lowest BCUT2D eigenvalue weighted by Crippen LogP contribution is -2.19. The Balaban J connectivity index is 1.95. The lowest BCUT2D eigenvalue weighted by atomic mass is 10.2. The van der Waals surface area contributed by atoms with Gasteiger partial charge >= 0.3 is 6.03 Å². The van der Waals surface area contributed by atoms with Gasteiger partial charge in [0.15, 0.2) is 5.82 Å². The maximum absolute atomic E-state index is 11.5. The summed E-state index contributed by atoms with van der Waals surface area (Å²) in [4.78, 5) is 11.5. The highest BCUT2D eigenvalue weighted by atomic mass is 16.5. The van der Waals surface area contributed by atoms with Crippen LogP contribution in [0.3, 0.4) is 0 Å². The molecule has 0 bridgehead atoms. The number of urea groups is 1. The lowest BCUT2D eigenvalue weighted by Gasteiger charge is -2.04. The van der Waals surface area contributed by atoms with Crippen LogP contribution in [0.4, 0.5) is 16.3 Å². The Morgan fingerprint density at radius 2 is 1.94 bits per heavy atom. The highest BCUT2D eigenvalue weighted by Gasteiger charge is 2.03. The van der Waals surface area contributed by atoms with Gasteiger partial charge in [-0.1, -0.05) is 22.9 Å². The Morgan fingerprint density at radius 1 is 1.19 bits per heavy atom. The van der Waals surface area contributed by atoms with Crippen LogP contribution in [-0.2, 0) is 0 Å². The predicted molar refractivity (Wildman–Crippen MR) is 60.3 cm³/mol. The molecule has 5 heteroatoms. The fraction of sp³-hybridized carbons (Fsp3) is 0.0909. The van der Waals surface area contributed by atoms with Gasteiger partial charge in [-0.15, -0.1) is 0 Å². The number of nitrogens with zero attached hydrogens (tertiary/aromatic N) is 1. The van der Waals surface area contributed by atoms with Crippen molar-refractivity contribution in [3.8, 4) is 0 Å². The van der Waals surface area contributed by atoms with Gasteiger partial charge in [-0.3, -0.25) is 5.32 Å². The minimum Gasteiger partial charge on any atom is -0.363 e. The minimum atomic E-state index is -0.349. The summed E-state index contributed by atoms with van der Waals surface area (Å²) in [5.41, 5.74) is 1.87. The van der Waals surface area contributed by atoms with Crippen molar-refractivity contribution in [2.75, 3.05) is 10.6 Å². The van der Waals surface area contributed by atoms with E-state index in [4.69, 9.17) is 0 Å². The molecule has 0 aliphatic carbocycles. The SMILES string of the molecule is Cc1ccc(NC(=O)Nc2ccon2)cc1. The predicted octanol–water partition coefficient (Wildman–Crippen LogP) is 2.63. The molecule has 0 unspecified atom stereocenters. The Morgan fingerprint density at radius 3 is 2.56 bits per heavy atom. The molecular formula is C11H11N3O2. The molecule has 0 atom stereocenters. The zero-order valence-electron chi connectivity index (χ0n) is 8.73. The summed E-state index contributed by atoms with van der Waals surface area (Å²) >= 11 is 0. The molecule has 1 aromatic heterocycles. The number of aromatic nitrogens is 1. The van der Waals surface area contributed by atoms with Crippen LogP contribution in [0.2, 0.25) is 0 Å². The monoisotopic (exact) mass is 217 g/mol. The second kappa shape index (κ2) is 4.48. The Labute approximate surface area is 92.4 Å². The molecule has 82 valence electrons. The van der Waals surface area contributed by atoms with E-state index in [9.17, 15) is 4.79 Å². The smallest absolute Gasteiger partial charge is 0.324 e. The molecule has 2 aromatic rings. The third kappa shape index (κ3) is 2.60. The largest absolute Gasteiger partial charge is 0.363 e. The summed E-state index contributed by atoms with van der Waals surface area (Å²) in [5, 5.41) is 8.77. The van der Waals surface area contributed by atoms with Gasteiger partial charge in [-0.25, -0.2) is 4.79 Å². The van der Waals surface area contributed by atoms with Crippen LogP contribution in [0.1, 0.15) is 5.56 Å². The summed E-state index contributed by atoms with van der Waals surface area (Å²) in [6.45, 7) is 1.99. The number of carbonyl (C=O) groups excluding carboxylic acids is 1. The van der Waals surface area contributed by atoms with Gasteiger partial charge in [-0.2, -0.15) is 0 Å². The molecule has 0 aliphatic heterocycles. The van der Waals surface area contributed by atoms with Gasteiger partial charge in [0.25, 0.3) is 0 Å². The van der Waals surface area contributed by atoms with Crippen molar-refractivity contribution in [1.82, 2.24) is 5.16 Å². The van der Waals surface area contributed by atoms with Crippen LogP contribution < -0.4 is 10.6 Å². The van der Waals surface area contributed by atoms with E-state index in [1.165, 1.54) is 6.26 Å². The first-order valence-electron chi connectivity index (χ1n) is 4.79. The molecule has 1 aromatic carbocycles. The number of aryl methyl sites for hydroxylation is 1. The van der Waals surface area contributed by atoms with E-state index in [0.29, 0.717) is 5.82 Å². The average molecular weight is 217 g/mol. The van der Waals surface area contributed by atoms with Crippen molar-refractivity contribution in [2.45, 2.75) is 6.92 Å². The minimum absolute atomic E-state index is 0.349.